The first-order valence-corrected chi connectivity index (χ1v) is 13.0. The van der Waals surface area contributed by atoms with Gasteiger partial charge < -0.3 is 19.3 Å². The van der Waals surface area contributed by atoms with Crippen LogP contribution in [0.2, 0.25) is 0 Å². The monoisotopic (exact) mass is 510 g/mol. The zero-order chi connectivity index (χ0) is 25.7. The molecule has 2 atom stereocenters. The van der Waals surface area contributed by atoms with Crippen LogP contribution in [0.25, 0.3) is 0 Å². The molecule has 1 aliphatic rings. The molecule has 1 aliphatic heterocycles. The number of fused-ring (bicyclic) bond motifs is 1. The summed E-state index contributed by atoms with van der Waals surface area (Å²) in [5.74, 6) is -0.0376. The predicted molar refractivity (Wildman–Crippen MR) is 138 cm³/mol. The van der Waals surface area contributed by atoms with E-state index in [1.54, 1.807) is 35.5 Å². The smallest absolute Gasteiger partial charge is 0.257 e. The molecule has 3 aromatic rings. The van der Waals surface area contributed by atoms with Crippen LogP contribution in [-0.2, 0) is 11.2 Å². The van der Waals surface area contributed by atoms with Gasteiger partial charge in [-0.15, -0.1) is 11.3 Å². The summed E-state index contributed by atoms with van der Waals surface area (Å²) >= 11 is 1.67. The summed E-state index contributed by atoms with van der Waals surface area (Å²) in [6.45, 7) is 4.46. The fraction of sp³-hybridized carbons (Fsp3) is 0.357. The van der Waals surface area contributed by atoms with E-state index in [9.17, 15) is 14.0 Å². The number of ether oxygens (including phenoxy) is 2. The van der Waals surface area contributed by atoms with Gasteiger partial charge in [-0.1, -0.05) is 31.2 Å². The molecule has 2 heterocycles. The first-order chi connectivity index (χ1) is 17.4. The Balaban J connectivity index is 1.57. The van der Waals surface area contributed by atoms with Gasteiger partial charge in [-0.2, -0.15) is 0 Å². The summed E-state index contributed by atoms with van der Waals surface area (Å²) in [7, 11) is 1.59. The second-order valence-electron chi connectivity index (χ2n) is 8.78. The topological polar surface area (TPSA) is 59.1 Å². The van der Waals surface area contributed by atoms with Crippen LogP contribution in [0.15, 0.2) is 60.0 Å². The zero-order valence-corrected chi connectivity index (χ0v) is 21.6. The number of nitrogens with zero attached hydrogens (tertiary/aromatic N) is 2. The third kappa shape index (κ3) is 5.38. The van der Waals surface area contributed by atoms with Crippen molar-refractivity contribution in [2.45, 2.75) is 38.8 Å². The average Bonchev–Trinajstić information content (AvgIpc) is 3.39. The highest BCUT2D eigenvalue weighted by molar-refractivity contribution is 7.10. The summed E-state index contributed by atoms with van der Waals surface area (Å²) in [5.41, 5.74) is 1.03. The molecule has 2 aromatic carbocycles. The molecular formula is C28H31FN2O4S. The van der Waals surface area contributed by atoms with Crippen molar-refractivity contribution in [3.8, 4) is 11.5 Å². The molecular weight excluding hydrogens is 479 g/mol. The predicted octanol–water partition coefficient (Wildman–Crippen LogP) is 5.34. The van der Waals surface area contributed by atoms with Crippen LogP contribution in [0.4, 0.5) is 4.39 Å². The summed E-state index contributed by atoms with van der Waals surface area (Å²) < 4.78 is 25.9. The Bertz CT molecular complexity index is 1210. The molecule has 6 nitrogen and oxygen atoms in total. The molecule has 0 saturated carbocycles. The van der Waals surface area contributed by atoms with E-state index in [2.05, 4.69) is 0 Å². The fourth-order valence-corrected chi connectivity index (χ4v) is 5.38. The Kier molecular flexibility index (Phi) is 8.25. The number of hydrogen-bond donors (Lipinski definition) is 0. The molecule has 0 radical (unpaired) electrons. The Morgan fingerprint density at radius 3 is 2.58 bits per heavy atom. The first-order valence-electron chi connectivity index (χ1n) is 12.1. The minimum atomic E-state index is -0.591. The van der Waals surface area contributed by atoms with Crippen molar-refractivity contribution in [1.29, 1.82) is 0 Å². The first kappa shape index (κ1) is 25.7. The zero-order valence-electron chi connectivity index (χ0n) is 20.8. The van der Waals surface area contributed by atoms with Gasteiger partial charge in [0.2, 0.25) is 5.91 Å². The lowest BCUT2D eigenvalue weighted by molar-refractivity contribution is -0.136. The van der Waals surface area contributed by atoms with Crippen LogP contribution in [0.1, 0.15) is 47.1 Å². The standard InChI is InChI=1S/C28H31FN2O4S/c1-4-19(2)31(28(33)20-9-5-6-10-22(20)29)17-27(32)30-15-13-26-21(14-16-36-26)23(30)18-35-25-12-8-7-11-24(25)34-3/h5-12,14,16,19,23H,4,13,15,17-18H2,1-3H3. The molecule has 0 spiro atoms. The van der Waals surface area contributed by atoms with Gasteiger partial charge in [-0.25, -0.2) is 4.39 Å². The van der Waals surface area contributed by atoms with E-state index in [1.807, 2.05) is 49.6 Å². The lowest BCUT2D eigenvalue weighted by atomic mass is 10.00. The lowest BCUT2D eigenvalue weighted by Crippen LogP contribution is -2.50. The lowest BCUT2D eigenvalue weighted by Gasteiger charge is -2.38. The van der Waals surface area contributed by atoms with Crippen molar-refractivity contribution in [2.24, 2.45) is 0 Å². The van der Waals surface area contributed by atoms with E-state index < -0.39 is 11.7 Å². The largest absolute Gasteiger partial charge is 0.493 e. The number of methoxy groups -OCH3 is 1. The molecule has 190 valence electrons. The number of halogens is 1. The number of benzene rings is 2. The van der Waals surface area contributed by atoms with Crippen molar-refractivity contribution >= 4 is 23.2 Å². The Morgan fingerprint density at radius 2 is 1.86 bits per heavy atom. The van der Waals surface area contributed by atoms with Crippen LogP contribution in [-0.4, -0.2) is 54.5 Å². The van der Waals surface area contributed by atoms with Crippen molar-refractivity contribution in [3.63, 3.8) is 0 Å². The molecule has 1 aromatic heterocycles. The van der Waals surface area contributed by atoms with Crippen molar-refractivity contribution in [3.05, 3.63) is 81.8 Å². The van der Waals surface area contributed by atoms with E-state index in [1.165, 1.54) is 21.9 Å². The normalized spacial score (nSPS) is 15.7. The van der Waals surface area contributed by atoms with Gasteiger partial charge in [0.1, 0.15) is 19.0 Å². The highest BCUT2D eigenvalue weighted by Gasteiger charge is 2.35. The number of carbonyl (C=O) groups excluding carboxylic acids is 2. The van der Waals surface area contributed by atoms with Crippen molar-refractivity contribution < 1.29 is 23.5 Å². The van der Waals surface area contributed by atoms with Crippen LogP contribution < -0.4 is 9.47 Å². The highest BCUT2D eigenvalue weighted by Crippen LogP contribution is 2.35. The number of rotatable bonds is 9. The van der Waals surface area contributed by atoms with Crippen LogP contribution in [0.5, 0.6) is 11.5 Å². The van der Waals surface area contributed by atoms with E-state index in [0.717, 1.165) is 12.0 Å². The second kappa shape index (κ2) is 11.6. The molecule has 2 unspecified atom stereocenters. The van der Waals surface area contributed by atoms with Gasteiger partial charge in [0, 0.05) is 17.5 Å². The van der Waals surface area contributed by atoms with Gasteiger partial charge in [0.15, 0.2) is 11.5 Å². The maximum atomic E-state index is 14.4. The number of amides is 2. The third-order valence-electron chi connectivity index (χ3n) is 6.67. The Labute approximate surface area is 215 Å². The maximum absolute atomic E-state index is 14.4. The van der Waals surface area contributed by atoms with Gasteiger partial charge in [-0.05, 0) is 61.0 Å². The molecule has 0 aliphatic carbocycles. The number of para-hydroxylation sites is 2. The molecule has 8 heteroatoms. The fourth-order valence-electron chi connectivity index (χ4n) is 4.46. The molecule has 0 saturated heterocycles. The summed E-state index contributed by atoms with van der Waals surface area (Å²) in [5, 5.41) is 2.03. The minimum Gasteiger partial charge on any atom is -0.493 e. The number of carbonyl (C=O) groups is 2. The molecule has 36 heavy (non-hydrogen) atoms. The average molecular weight is 511 g/mol. The molecule has 0 N–H and O–H groups in total. The van der Waals surface area contributed by atoms with Gasteiger partial charge >= 0.3 is 0 Å². The molecule has 4 rings (SSSR count). The van der Waals surface area contributed by atoms with Crippen molar-refractivity contribution in [1.82, 2.24) is 9.80 Å². The van der Waals surface area contributed by atoms with Crippen LogP contribution >= 0.6 is 11.3 Å². The maximum Gasteiger partial charge on any atom is 0.257 e. The Hall–Kier alpha value is -3.39. The van der Waals surface area contributed by atoms with Crippen molar-refractivity contribution in [2.75, 3.05) is 26.8 Å². The molecule has 2 amide bonds. The van der Waals surface area contributed by atoms with Crippen LogP contribution in [0, 0.1) is 5.82 Å². The van der Waals surface area contributed by atoms with E-state index in [4.69, 9.17) is 9.47 Å². The molecule has 0 bridgehead atoms. The number of hydrogen-bond acceptors (Lipinski definition) is 5. The minimum absolute atomic E-state index is 0.0274. The SMILES string of the molecule is CCC(C)N(CC(=O)N1CCc2sccc2C1COc1ccccc1OC)C(=O)c1ccccc1F. The van der Waals surface area contributed by atoms with E-state index in [-0.39, 0.29) is 36.7 Å². The summed E-state index contributed by atoms with van der Waals surface area (Å²) in [6, 6.07) is 14.8. The summed E-state index contributed by atoms with van der Waals surface area (Å²) in [6.07, 6.45) is 1.39. The second-order valence-corrected chi connectivity index (χ2v) is 9.78. The van der Waals surface area contributed by atoms with Crippen LogP contribution in [0.3, 0.4) is 0 Å². The molecule has 0 fully saturated rings. The quantitative estimate of drug-likeness (QED) is 0.390. The van der Waals surface area contributed by atoms with E-state index >= 15 is 0 Å². The summed E-state index contributed by atoms with van der Waals surface area (Å²) in [4.78, 5) is 31.5. The third-order valence-corrected chi connectivity index (χ3v) is 7.67. The van der Waals surface area contributed by atoms with Gasteiger partial charge in [0.05, 0.1) is 18.7 Å². The van der Waals surface area contributed by atoms with Gasteiger partial charge in [-0.3, -0.25) is 9.59 Å². The van der Waals surface area contributed by atoms with Gasteiger partial charge in [0.25, 0.3) is 5.91 Å². The highest BCUT2D eigenvalue weighted by atomic mass is 32.1. The van der Waals surface area contributed by atoms with E-state index in [0.29, 0.717) is 24.5 Å². The Morgan fingerprint density at radius 1 is 1.14 bits per heavy atom. The number of thiophene rings is 1.